The third kappa shape index (κ3) is 3.19. The van der Waals surface area contributed by atoms with Crippen molar-refractivity contribution in [1.82, 2.24) is 20.2 Å². The SMILES string of the molecule is CC(CC(F)(F)F)n1nnnc1-c1ccc(N)c(Cl)c1. The van der Waals surface area contributed by atoms with E-state index >= 15 is 0 Å². The second kappa shape index (κ2) is 5.28. The fourth-order valence-corrected chi connectivity index (χ4v) is 1.95. The average molecular weight is 306 g/mol. The Morgan fingerprint density at radius 3 is 2.70 bits per heavy atom. The van der Waals surface area contributed by atoms with Gasteiger partial charge in [0.1, 0.15) is 0 Å². The van der Waals surface area contributed by atoms with Crippen LogP contribution >= 0.6 is 11.6 Å². The second-order valence-corrected chi connectivity index (χ2v) is 4.76. The highest BCUT2D eigenvalue weighted by Gasteiger charge is 2.32. The van der Waals surface area contributed by atoms with Gasteiger partial charge in [-0.1, -0.05) is 11.6 Å². The van der Waals surface area contributed by atoms with E-state index in [1.54, 1.807) is 12.1 Å². The van der Waals surface area contributed by atoms with Gasteiger partial charge in [0.15, 0.2) is 5.82 Å². The summed E-state index contributed by atoms with van der Waals surface area (Å²) in [5.41, 5.74) is 6.46. The maximum atomic E-state index is 12.4. The maximum absolute atomic E-state index is 12.4. The Kier molecular flexibility index (Phi) is 3.85. The number of alkyl halides is 3. The topological polar surface area (TPSA) is 69.6 Å². The smallest absolute Gasteiger partial charge is 0.391 e. The van der Waals surface area contributed by atoms with Crippen LogP contribution in [0.2, 0.25) is 5.02 Å². The van der Waals surface area contributed by atoms with Crippen molar-refractivity contribution in [3.05, 3.63) is 23.2 Å². The summed E-state index contributed by atoms with van der Waals surface area (Å²) in [5, 5.41) is 11.1. The van der Waals surface area contributed by atoms with Crippen LogP contribution < -0.4 is 5.73 Å². The molecule has 1 atom stereocenters. The summed E-state index contributed by atoms with van der Waals surface area (Å²) in [6.07, 6.45) is -5.31. The van der Waals surface area contributed by atoms with E-state index in [-0.39, 0.29) is 5.82 Å². The minimum Gasteiger partial charge on any atom is -0.398 e. The summed E-state index contributed by atoms with van der Waals surface area (Å²) < 4.78 is 38.4. The lowest BCUT2D eigenvalue weighted by Crippen LogP contribution is -2.18. The van der Waals surface area contributed by atoms with E-state index < -0.39 is 18.6 Å². The molecule has 2 N–H and O–H groups in total. The van der Waals surface area contributed by atoms with E-state index in [2.05, 4.69) is 15.5 Å². The molecule has 2 aromatic rings. The molecule has 5 nitrogen and oxygen atoms in total. The van der Waals surface area contributed by atoms with Gasteiger partial charge in [0, 0.05) is 5.56 Å². The first-order valence-corrected chi connectivity index (χ1v) is 6.06. The molecule has 0 radical (unpaired) electrons. The number of nitrogen functional groups attached to an aromatic ring is 1. The van der Waals surface area contributed by atoms with Crippen molar-refractivity contribution in [1.29, 1.82) is 0 Å². The number of nitrogens with zero attached hydrogens (tertiary/aromatic N) is 4. The van der Waals surface area contributed by atoms with Crippen molar-refractivity contribution in [2.45, 2.75) is 25.6 Å². The molecule has 0 bridgehead atoms. The number of aromatic nitrogens is 4. The van der Waals surface area contributed by atoms with Gasteiger partial charge in [0.05, 0.1) is 23.2 Å². The molecule has 9 heteroatoms. The predicted octanol–water partition coefficient (Wildman–Crippen LogP) is 3.09. The molecule has 2 rings (SSSR count). The number of halogens is 4. The summed E-state index contributed by atoms with van der Waals surface area (Å²) in [5.74, 6) is 0.212. The summed E-state index contributed by atoms with van der Waals surface area (Å²) >= 11 is 5.89. The summed E-state index contributed by atoms with van der Waals surface area (Å²) in [4.78, 5) is 0. The van der Waals surface area contributed by atoms with E-state index in [1.165, 1.54) is 13.0 Å². The maximum Gasteiger partial charge on any atom is 0.391 e. The molecule has 0 aliphatic heterocycles. The van der Waals surface area contributed by atoms with E-state index in [0.29, 0.717) is 16.3 Å². The molecule has 0 saturated carbocycles. The van der Waals surface area contributed by atoms with Crippen LogP contribution in [0.5, 0.6) is 0 Å². The van der Waals surface area contributed by atoms with Gasteiger partial charge in [-0.2, -0.15) is 13.2 Å². The van der Waals surface area contributed by atoms with Crippen molar-refractivity contribution in [3.63, 3.8) is 0 Å². The summed E-state index contributed by atoms with van der Waals surface area (Å²) in [7, 11) is 0. The van der Waals surface area contributed by atoms with Crippen LogP contribution in [0.25, 0.3) is 11.4 Å². The first-order valence-electron chi connectivity index (χ1n) is 5.68. The number of benzene rings is 1. The highest BCUT2D eigenvalue weighted by atomic mass is 35.5. The molecular formula is C11H11ClF3N5. The zero-order valence-corrected chi connectivity index (χ0v) is 11.2. The lowest BCUT2D eigenvalue weighted by molar-refractivity contribution is -0.142. The molecule has 0 amide bonds. The van der Waals surface area contributed by atoms with Gasteiger partial charge in [-0.25, -0.2) is 4.68 Å². The average Bonchev–Trinajstić information content (AvgIpc) is 2.79. The zero-order valence-electron chi connectivity index (χ0n) is 10.4. The van der Waals surface area contributed by atoms with Crippen LogP contribution in [0, 0.1) is 0 Å². The highest BCUT2D eigenvalue weighted by Crippen LogP contribution is 2.30. The van der Waals surface area contributed by atoms with Crippen LogP contribution in [0.4, 0.5) is 18.9 Å². The van der Waals surface area contributed by atoms with Crippen LogP contribution in [-0.2, 0) is 0 Å². The molecule has 0 saturated heterocycles. The lowest BCUT2D eigenvalue weighted by atomic mass is 10.1. The van der Waals surface area contributed by atoms with Gasteiger partial charge in [-0.05, 0) is 35.5 Å². The monoisotopic (exact) mass is 305 g/mol. The number of hydrogen-bond acceptors (Lipinski definition) is 4. The third-order valence-electron chi connectivity index (χ3n) is 2.70. The van der Waals surface area contributed by atoms with Crippen LogP contribution in [0.15, 0.2) is 18.2 Å². The van der Waals surface area contributed by atoms with E-state index in [9.17, 15) is 13.2 Å². The highest BCUT2D eigenvalue weighted by molar-refractivity contribution is 6.33. The van der Waals surface area contributed by atoms with Crippen molar-refractivity contribution < 1.29 is 13.2 Å². The first-order chi connectivity index (χ1) is 9.28. The molecule has 0 aliphatic carbocycles. The van der Waals surface area contributed by atoms with Gasteiger partial charge in [-0.3, -0.25) is 0 Å². The summed E-state index contributed by atoms with van der Waals surface area (Å²) in [6.45, 7) is 1.40. The normalized spacial score (nSPS) is 13.4. The molecule has 1 heterocycles. The van der Waals surface area contributed by atoms with Gasteiger partial charge < -0.3 is 5.73 Å². The van der Waals surface area contributed by atoms with E-state index in [1.807, 2.05) is 0 Å². The van der Waals surface area contributed by atoms with Gasteiger partial charge in [0.25, 0.3) is 0 Å². The fourth-order valence-electron chi connectivity index (χ4n) is 1.77. The standard InChI is InChI=1S/C11H11ClF3N5/c1-6(5-11(13,14)15)20-10(17-18-19-20)7-2-3-9(16)8(12)4-7/h2-4,6H,5,16H2,1H3. The Bertz CT molecular complexity index is 610. The molecule has 1 unspecified atom stereocenters. The Morgan fingerprint density at radius 1 is 1.40 bits per heavy atom. The number of tetrazole rings is 1. The third-order valence-corrected chi connectivity index (χ3v) is 3.02. The second-order valence-electron chi connectivity index (χ2n) is 4.35. The molecule has 1 aromatic heterocycles. The van der Waals surface area contributed by atoms with Gasteiger partial charge in [0.2, 0.25) is 0 Å². The molecule has 108 valence electrons. The van der Waals surface area contributed by atoms with Crippen LogP contribution in [-0.4, -0.2) is 26.4 Å². The van der Waals surface area contributed by atoms with Crippen molar-refractivity contribution >= 4 is 17.3 Å². The molecule has 20 heavy (non-hydrogen) atoms. The van der Waals surface area contributed by atoms with Gasteiger partial charge in [-0.15, -0.1) is 5.10 Å². The van der Waals surface area contributed by atoms with E-state index in [0.717, 1.165) is 4.68 Å². The van der Waals surface area contributed by atoms with E-state index in [4.69, 9.17) is 17.3 Å². The number of anilines is 1. The Hall–Kier alpha value is -1.83. The van der Waals surface area contributed by atoms with Crippen LogP contribution in [0.1, 0.15) is 19.4 Å². The number of nitrogens with two attached hydrogens (primary N) is 1. The fraction of sp³-hybridized carbons (Fsp3) is 0.364. The molecule has 1 aromatic carbocycles. The number of hydrogen-bond donors (Lipinski definition) is 1. The first kappa shape index (κ1) is 14.6. The Labute approximate surface area is 117 Å². The Morgan fingerprint density at radius 2 is 2.10 bits per heavy atom. The molecule has 0 fully saturated rings. The summed E-state index contributed by atoms with van der Waals surface area (Å²) in [6, 6.07) is 3.74. The van der Waals surface area contributed by atoms with Crippen molar-refractivity contribution in [3.8, 4) is 11.4 Å². The Balaban J connectivity index is 2.35. The minimum absolute atomic E-state index is 0.212. The predicted molar refractivity (Wildman–Crippen MR) is 68.1 cm³/mol. The molecule has 0 spiro atoms. The number of rotatable bonds is 3. The van der Waals surface area contributed by atoms with Crippen LogP contribution in [0.3, 0.4) is 0 Å². The molecule has 0 aliphatic rings. The minimum atomic E-state index is -4.29. The zero-order chi connectivity index (χ0) is 14.9. The van der Waals surface area contributed by atoms with Crippen molar-refractivity contribution in [2.24, 2.45) is 0 Å². The lowest BCUT2D eigenvalue weighted by Gasteiger charge is -2.15. The van der Waals surface area contributed by atoms with Gasteiger partial charge >= 0.3 is 6.18 Å². The largest absolute Gasteiger partial charge is 0.398 e. The van der Waals surface area contributed by atoms with Crippen molar-refractivity contribution in [2.75, 3.05) is 5.73 Å². The molecular weight excluding hydrogens is 295 g/mol. The quantitative estimate of drug-likeness (QED) is 0.885.